The third kappa shape index (κ3) is 3.56. The first-order valence-corrected chi connectivity index (χ1v) is 7.54. The maximum atomic E-state index is 12.2. The zero-order valence-electron chi connectivity index (χ0n) is 11.1. The van der Waals surface area contributed by atoms with Gasteiger partial charge in [-0.05, 0) is 31.4 Å². The van der Waals surface area contributed by atoms with Crippen LogP contribution in [-0.2, 0) is 4.79 Å². The van der Waals surface area contributed by atoms with Gasteiger partial charge in [0.15, 0.2) is 0 Å². The first kappa shape index (κ1) is 14.1. The maximum absolute atomic E-state index is 12.2. The fourth-order valence-corrected chi connectivity index (χ4v) is 3.44. The van der Waals surface area contributed by atoms with E-state index in [9.17, 15) is 9.59 Å². The fraction of sp³-hybridized carbons (Fsp3) is 0.571. The minimum absolute atomic E-state index is 0.0417. The summed E-state index contributed by atoms with van der Waals surface area (Å²) in [6, 6.07) is 1.74. The largest absolute Gasteiger partial charge is 0.477 e. The molecule has 19 heavy (non-hydrogen) atoms. The summed E-state index contributed by atoms with van der Waals surface area (Å²) in [5, 5.41) is 12.5. The predicted molar refractivity (Wildman–Crippen MR) is 75.8 cm³/mol. The average molecular weight is 281 g/mol. The highest BCUT2D eigenvalue weighted by Gasteiger charge is 2.21. The van der Waals surface area contributed by atoms with Gasteiger partial charge in [0.25, 0.3) is 0 Å². The molecular weight excluding hydrogens is 262 g/mol. The molecule has 5 heteroatoms. The van der Waals surface area contributed by atoms with E-state index >= 15 is 0 Å². The van der Waals surface area contributed by atoms with Gasteiger partial charge in [0.1, 0.15) is 4.88 Å². The Morgan fingerprint density at radius 1 is 1.26 bits per heavy atom. The second kappa shape index (κ2) is 6.19. The fourth-order valence-electron chi connectivity index (χ4n) is 2.52. The van der Waals surface area contributed by atoms with E-state index in [0.29, 0.717) is 15.4 Å². The van der Waals surface area contributed by atoms with Crippen LogP contribution < -0.4 is 5.32 Å². The highest BCUT2D eigenvalue weighted by Crippen LogP contribution is 2.29. The number of amides is 1. The van der Waals surface area contributed by atoms with Gasteiger partial charge in [0.2, 0.25) is 5.91 Å². The van der Waals surface area contributed by atoms with Crippen LogP contribution in [-0.4, -0.2) is 17.0 Å². The van der Waals surface area contributed by atoms with Crippen molar-refractivity contribution in [3.8, 4) is 0 Å². The van der Waals surface area contributed by atoms with E-state index in [2.05, 4.69) is 5.32 Å². The molecule has 2 rings (SSSR count). The number of thiophene rings is 1. The Kier molecular flexibility index (Phi) is 4.58. The molecule has 1 fully saturated rings. The van der Waals surface area contributed by atoms with Gasteiger partial charge in [0, 0.05) is 5.92 Å². The summed E-state index contributed by atoms with van der Waals surface area (Å²) in [6.45, 7) is 1.75. The summed E-state index contributed by atoms with van der Waals surface area (Å²) in [5.41, 5.74) is 0.702. The van der Waals surface area contributed by atoms with Gasteiger partial charge < -0.3 is 10.4 Å². The molecule has 0 radical (unpaired) electrons. The van der Waals surface area contributed by atoms with Crippen LogP contribution in [0.3, 0.4) is 0 Å². The molecule has 1 aliphatic rings. The smallest absolute Gasteiger partial charge is 0.346 e. The molecule has 0 saturated heterocycles. The third-order valence-corrected chi connectivity index (χ3v) is 4.72. The Bertz CT molecular complexity index is 473. The first-order chi connectivity index (χ1) is 9.08. The summed E-state index contributed by atoms with van der Waals surface area (Å²) in [6.07, 6.45) is 6.55. The predicted octanol–water partition coefficient (Wildman–Crippen LogP) is 3.66. The molecule has 0 atom stereocenters. The molecule has 0 bridgehead atoms. The van der Waals surface area contributed by atoms with Crippen LogP contribution in [0.2, 0.25) is 0 Å². The number of aromatic carboxylic acids is 1. The summed E-state index contributed by atoms with van der Waals surface area (Å²) in [7, 11) is 0. The van der Waals surface area contributed by atoms with Gasteiger partial charge in [-0.2, -0.15) is 0 Å². The van der Waals surface area contributed by atoms with Gasteiger partial charge in [-0.15, -0.1) is 11.3 Å². The SMILES string of the molecule is Cc1cc(NC(=O)C2CCCCCC2)sc1C(=O)O. The van der Waals surface area contributed by atoms with Gasteiger partial charge >= 0.3 is 5.97 Å². The number of hydrogen-bond acceptors (Lipinski definition) is 3. The minimum atomic E-state index is -0.933. The van der Waals surface area contributed by atoms with Crippen LogP contribution in [0.25, 0.3) is 0 Å². The molecule has 4 nitrogen and oxygen atoms in total. The molecule has 0 unspecified atom stereocenters. The summed E-state index contributed by atoms with van der Waals surface area (Å²) in [5.74, 6) is -0.810. The van der Waals surface area contributed by atoms with E-state index in [1.54, 1.807) is 13.0 Å². The van der Waals surface area contributed by atoms with Crippen LogP contribution in [0.1, 0.15) is 53.8 Å². The Labute approximate surface area is 116 Å². The van der Waals surface area contributed by atoms with Crippen molar-refractivity contribution in [1.29, 1.82) is 0 Å². The maximum Gasteiger partial charge on any atom is 0.346 e. The molecule has 1 saturated carbocycles. The zero-order valence-corrected chi connectivity index (χ0v) is 11.9. The molecule has 2 N–H and O–H groups in total. The van der Waals surface area contributed by atoms with Crippen LogP contribution in [0.4, 0.5) is 5.00 Å². The Morgan fingerprint density at radius 3 is 2.42 bits per heavy atom. The standard InChI is InChI=1S/C14H19NO3S/c1-9-8-11(19-12(9)14(17)18)15-13(16)10-6-4-2-3-5-7-10/h8,10H,2-7H2,1H3,(H,15,16)(H,17,18). The molecule has 1 amide bonds. The van der Waals surface area contributed by atoms with Gasteiger partial charge in [-0.3, -0.25) is 4.79 Å². The normalized spacial score (nSPS) is 16.9. The van der Waals surface area contributed by atoms with Crippen LogP contribution in [0, 0.1) is 12.8 Å². The van der Waals surface area contributed by atoms with Crippen LogP contribution >= 0.6 is 11.3 Å². The Hall–Kier alpha value is -1.36. The lowest BCUT2D eigenvalue weighted by Gasteiger charge is -2.12. The molecule has 0 aliphatic heterocycles. The van der Waals surface area contributed by atoms with Crippen molar-refractivity contribution in [3.63, 3.8) is 0 Å². The number of carbonyl (C=O) groups excluding carboxylic acids is 1. The average Bonchev–Trinajstić information content (AvgIpc) is 2.58. The van der Waals surface area contributed by atoms with Gasteiger partial charge in [0.05, 0.1) is 5.00 Å². The first-order valence-electron chi connectivity index (χ1n) is 6.72. The zero-order chi connectivity index (χ0) is 13.8. The molecule has 0 aromatic carbocycles. The lowest BCUT2D eigenvalue weighted by molar-refractivity contribution is -0.120. The molecule has 104 valence electrons. The highest BCUT2D eigenvalue weighted by molar-refractivity contribution is 7.18. The topological polar surface area (TPSA) is 66.4 Å². The van der Waals surface area contributed by atoms with Crippen LogP contribution in [0.5, 0.6) is 0 Å². The molecule has 1 heterocycles. The van der Waals surface area contributed by atoms with Crippen molar-refractivity contribution in [2.75, 3.05) is 5.32 Å². The summed E-state index contributed by atoms with van der Waals surface area (Å²) < 4.78 is 0. The minimum Gasteiger partial charge on any atom is -0.477 e. The molecular formula is C14H19NO3S. The summed E-state index contributed by atoms with van der Waals surface area (Å²) >= 11 is 1.13. The van der Waals surface area contributed by atoms with Crippen LogP contribution in [0.15, 0.2) is 6.07 Å². The number of carbonyl (C=O) groups is 2. The summed E-state index contributed by atoms with van der Waals surface area (Å²) in [4.78, 5) is 23.4. The number of hydrogen-bond donors (Lipinski definition) is 2. The lowest BCUT2D eigenvalue weighted by Crippen LogP contribution is -2.21. The number of nitrogens with one attached hydrogen (secondary N) is 1. The second-order valence-corrected chi connectivity index (χ2v) is 6.16. The number of anilines is 1. The number of carboxylic acids is 1. The van der Waals surface area contributed by atoms with Crippen molar-refractivity contribution in [3.05, 3.63) is 16.5 Å². The van der Waals surface area contributed by atoms with Crippen molar-refractivity contribution >= 4 is 28.2 Å². The van der Waals surface area contributed by atoms with Crippen molar-refractivity contribution in [2.45, 2.75) is 45.4 Å². The molecule has 1 aromatic heterocycles. The number of rotatable bonds is 3. The van der Waals surface area contributed by atoms with Crippen molar-refractivity contribution in [2.24, 2.45) is 5.92 Å². The molecule has 1 aromatic rings. The van der Waals surface area contributed by atoms with Gasteiger partial charge in [-0.25, -0.2) is 4.79 Å². The number of carboxylic acid groups (broad SMARTS) is 1. The Balaban J connectivity index is 2.01. The molecule has 0 spiro atoms. The second-order valence-electron chi connectivity index (χ2n) is 5.11. The lowest BCUT2D eigenvalue weighted by atomic mass is 10.00. The third-order valence-electron chi connectivity index (χ3n) is 3.58. The van der Waals surface area contributed by atoms with E-state index in [4.69, 9.17) is 5.11 Å². The highest BCUT2D eigenvalue weighted by atomic mass is 32.1. The van der Waals surface area contributed by atoms with Gasteiger partial charge in [-0.1, -0.05) is 25.7 Å². The van der Waals surface area contributed by atoms with E-state index in [1.807, 2.05) is 0 Å². The number of aryl methyl sites for hydroxylation is 1. The van der Waals surface area contributed by atoms with E-state index < -0.39 is 5.97 Å². The van der Waals surface area contributed by atoms with E-state index in [1.165, 1.54) is 12.8 Å². The monoisotopic (exact) mass is 281 g/mol. The van der Waals surface area contributed by atoms with E-state index in [0.717, 1.165) is 37.0 Å². The van der Waals surface area contributed by atoms with E-state index in [-0.39, 0.29) is 11.8 Å². The molecule has 1 aliphatic carbocycles. The van der Waals surface area contributed by atoms with Crippen molar-refractivity contribution in [1.82, 2.24) is 0 Å². The van der Waals surface area contributed by atoms with Crippen molar-refractivity contribution < 1.29 is 14.7 Å². The Morgan fingerprint density at radius 2 is 1.89 bits per heavy atom. The quantitative estimate of drug-likeness (QED) is 0.831.